The van der Waals surface area contributed by atoms with Crippen LogP contribution in [-0.2, 0) is 40.3 Å². The number of halogens is 3. The Bertz CT molecular complexity index is 1420. The average molecular weight is 552 g/mol. The Kier molecular flexibility index (Phi) is 7.51. The Morgan fingerprint density at radius 1 is 1.19 bits per heavy atom. The zero-order valence-corrected chi connectivity index (χ0v) is 22.5. The van der Waals surface area contributed by atoms with Gasteiger partial charge in [0.2, 0.25) is 5.91 Å². The van der Waals surface area contributed by atoms with Gasteiger partial charge in [-0.1, -0.05) is 32.0 Å². The topological polar surface area (TPSA) is 79.4 Å². The van der Waals surface area contributed by atoms with Crippen LogP contribution in [0.25, 0.3) is 0 Å². The first-order chi connectivity index (χ1) is 17.2. The fourth-order valence-corrected chi connectivity index (χ4v) is 6.25. The maximum atomic E-state index is 13.0. The lowest BCUT2D eigenvalue weighted by Gasteiger charge is -2.28. The second-order valence-electron chi connectivity index (χ2n) is 9.70. The molecule has 0 saturated carbocycles. The van der Waals surface area contributed by atoms with E-state index in [1.54, 1.807) is 25.1 Å². The summed E-state index contributed by atoms with van der Waals surface area (Å²) in [5.74, 6) is -0.0483. The number of hydrogen-bond donors (Lipinski definition) is 1. The zero-order chi connectivity index (χ0) is 27.1. The molecule has 3 aromatic rings. The Labute approximate surface area is 218 Å². The van der Waals surface area contributed by atoms with Crippen molar-refractivity contribution in [2.24, 2.45) is 5.92 Å². The molecule has 1 aliphatic heterocycles. The first kappa shape index (κ1) is 27.3. The summed E-state index contributed by atoms with van der Waals surface area (Å²) in [7, 11) is -3.30. The van der Waals surface area contributed by atoms with Gasteiger partial charge in [0, 0.05) is 24.2 Å². The number of alkyl halides is 3. The smallest absolute Gasteiger partial charge is 0.302 e. The molecule has 1 aliphatic rings. The molecule has 0 aliphatic carbocycles. The van der Waals surface area contributed by atoms with Gasteiger partial charge in [-0.25, -0.2) is 13.4 Å². The molecule has 0 unspecified atom stereocenters. The molecule has 0 radical (unpaired) electrons. The van der Waals surface area contributed by atoms with E-state index in [1.165, 1.54) is 29.5 Å². The number of thiazole rings is 1. The van der Waals surface area contributed by atoms with Gasteiger partial charge >= 0.3 is 6.18 Å². The van der Waals surface area contributed by atoms with Crippen LogP contribution in [0.1, 0.15) is 52.7 Å². The number of rotatable bonds is 7. The van der Waals surface area contributed by atoms with E-state index in [0.29, 0.717) is 29.3 Å². The Morgan fingerprint density at radius 3 is 2.43 bits per heavy atom. The molecule has 198 valence electrons. The third-order valence-electron chi connectivity index (χ3n) is 6.39. The van der Waals surface area contributed by atoms with Gasteiger partial charge in [-0.05, 0) is 53.8 Å². The van der Waals surface area contributed by atoms with E-state index >= 15 is 0 Å². The molecular formula is C26H28F3N3O3S2. The van der Waals surface area contributed by atoms with Gasteiger partial charge < -0.3 is 5.32 Å². The van der Waals surface area contributed by atoms with Gasteiger partial charge in [0.25, 0.3) is 0 Å². The van der Waals surface area contributed by atoms with E-state index in [9.17, 15) is 26.4 Å². The summed E-state index contributed by atoms with van der Waals surface area (Å²) >= 11 is 1.40. The molecule has 0 saturated heterocycles. The molecule has 1 atom stereocenters. The lowest BCUT2D eigenvalue weighted by molar-refractivity contribution is -0.137. The van der Waals surface area contributed by atoms with Crippen molar-refractivity contribution in [3.8, 4) is 0 Å². The van der Waals surface area contributed by atoms with Crippen molar-refractivity contribution in [3.63, 3.8) is 0 Å². The van der Waals surface area contributed by atoms with Crippen LogP contribution in [0.2, 0.25) is 0 Å². The predicted octanol–water partition coefficient (Wildman–Crippen LogP) is 5.77. The molecule has 0 fully saturated rings. The highest BCUT2D eigenvalue weighted by molar-refractivity contribution is 7.90. The first-order valence-corrected chi connectivity index (χ1v) is 14.4. The summed E-state index contributed by atoms with van der Waals surface area (Å²) in [6.45, 7) is 6.94. The number of nitrogens with one attached hydrogen (secondary N) is 1. The maximum Gasteiger partial charge on any atom is 0.416 e. The summed E-state index contributed by atoms with van der Waals surface area (Å²) < 4.78 is 62.4. The summed E-state index contributed by atoms with van der Waals surface area (Å²) in [5, 5.41) is 3.34. The van der Waals surface area contributed by atoms with Crippen LogP contribution < -0.4 is 5.32 Å². The first-order valence-electron chi connectivity index (χ1n) is 11.7. The van der Waals surface area contributed by atoms with Crippen LogP contribution in [0.15, 0.2) is 47.4 Å². The van der Waals surface area contributed by atoms with E-state index in [-0.39, 0.29) is 29.2 Å². The molecular weight excluding hydrogens is 523 g/mol. The van der Waals surface area contributed by atoms with Crippen LogP contribution in [-0.4, -0.2) is 30.5 Å². The van der Waals surface area contributed by atoms with E-state index in [2.05, 4.69) is 24.1 Å². The number of carbonyl (C=O) groups excluding carboxylic acids is 1. The largest absolute Gasteiger partial charge is 0.416 e. The predicted molar refractivity (Wildman–Crippen MR) is 137 cm³/mol. The number of sulfone groups is 1. The van der Waals surface area contributed by atoms with E-state index in [1.807, 2.05) is 0 Å². The highest BCUT2D eigenvalue weighted by Gasteiger charge is 2.37. The molecule has 4 rings (SSSR count). The SMILES string of the molecule is Cc1cc(C(F)(F)F)ccc1CN1Cc2sc(NC(=O)Cc3ccc(S(C)(=O)=O)cc3)nc2[C@H]1C(C)C. The van der Waals surface area contributed by atoms with E-state index in [0.717, 1.165) is 28.5 Å². The van der Waals surface area contributed by atoms with Crippen molar-refractivity contribution < 1.29 is 26.4 Å². The van der Waals surface area contributed by atoms with Crippen LogP contribution in [0.3, 0.4) is 0 Å². The molecule has 1 aromatic heterocycles. The number of fused-ring (bicyclic) bond motifs is 1. The maximum absolute atomic E-state index is 13.0. The van der Waals surface area contributed by atoms with Crippen molar-refractivity contribution in [3.05, 3.63) is 75.3 Å². The Hall–Kier alpha value is -2.76. The number of benzene rings is 2. The fraction of sp³-hybridized carbons (Fsp3) is 0.385. The summed E-state index contributed by atoms with van der Waals surface area (Å²) in [6, 6.07) is 10.0. The third kappa shape index (κ3) is 6.22. The van der Waals surface area contributed by atoms with Gasteiger partial charge in [-0.15, -0.1) is 11.3 Å². The number of aromatic nitrogens is 1. The van der Waals surface area contributed by atoms with Crippen molar-refractivity contribution in [2.75, 3.05) is 11.6 Å². The van der Waals surface area contributed by atoms with Crippen molar-refractivity contribution in [2.45, 2.75) is 57.4 Å². The standard InChI is InChI=1S/C26H28F3N3O3S2/c1-15(2)24-23-21(14-32(24)13-18-7-8-19(11-16(18)3)26(27,28)29)36-25(31-23)30-22(33)12-17-5-9-20(10-6-17)37(4,34)35/h5-11,15,24H,12-14H2,1-4H3,(H,30,31,33)/t24-/m1/s1. The number of hydrogen-bond acceptors (Lipinski definition) is 6. The van der Waals surface area contributed by atoms with Gasteiger partial charge in [-0.3, -0.25) is 9.69 Å². The molecule has 1 N–H and O–H groups in total. The average Bonchev–Trinajstić information content (AvgIpc) is 3.30. The lowest BCUT2D eigenvalue weighted by atomic mass is 10.00. The minimum absolute atomic E-state index is 0.0258. The third-order valence-corrected chi connectivity index (χ3v) is 8.48. The second kappa shape index (κ2) is 10.2. The molecule has 2 aromatic carbocycles. The molecule has 37 heavy (non-hydrogen) atoms. The molecule has 11 heteroatoms. The van der Waals surface area contributed by atoms with Crippen molar-refractivity contribution in [1.29, 1.82) is 0 Å². The van der Waals surface area contributed by atoms with E-state index < -0.39 is 21.6 Å². The molecule has 0 spiro atoms. The number of nitrogens with zero attached hydrogens (tertiary/aromatic N) is 2. The minimum atomic E-state index is -4.37. The van der Waals surface area contributed by atoms with Gasteiger partial charge in [0.1, 0.15) is 0 Å². The van der Waals surface area contributed by atoms with Gasteiger partial charge in [-0.2, -0.15) is 13.2 Å². The zero-order valence-electron chi connectivity index (χ0n) is 20.9. The molecule has 2 heterocycles. The molecule has 0 bridgehead atoms. The number of aryl methyl sites for hydroxylation is 1. The summed E-state index contributed by atoms with van der Waals surface area (Å²) in [4.78, 5) is 20.7. The minimum Gasteiger partial charge on any atom is -0.302 e. The van der Waals surface area contributed by atoms with Crippen LogP contribution in [0.5, 0.6) is 0 Å². The van der Waals surface area contributed by atoms with E-state index in [4.69, 9.17) is 4.98 Å². The molecule has 1 amide bonds. The number of carbonyl (C=O) groups is 1. The monoisotopic (exact) mass is 551 g/mol. The highest BCUT2D eigenvalue weighted by Crippen LogP contribution is 2.43. The van der Waals surface area contributed by atoms with Crippen LogP contribution in [0.4, 0.5) is 18.3 Å². The fourth-order valence-electron chi connectivity index (χ4n) is 4.58. The van der Waals surface area contributed by atoms with Gasteiger partial charge in [0.05, 0.1) is 28.6 Å². The quantitative estimate of drug-likeness (QED) is 0.404. The van der Waals surface area contributed by atoms with Crippen LogP contribution in [0, 0.1) is 12.8 Å². The normalized spacial score (nSPS) is 16.3. The van der Waals surface area contributed by atoms with Gasteiger partial charge in [0.15, 0.2) is 15.0 Å². The van der Waals surface area contributed by atoms with Crippen molar-refractivity contribution >= 4 is 32.2 Å². The van der Waals surface area contributed by atoms with Crippen LogP contribution >= 0.6 is 11.3 Å². The number of anilines is 1. The highest BCUT2D eigenvalue weighted by atomic mass is 32.2. The van der Waals surface area contributed by atoms with Crippen molar-refractivity contribution in [1.82, 2.24) is 9.88 Å². The molecule has 6 nitrogen and oxygen atoms in total. The second-order valence-corrected chi connectivity index (χ2v) is 12.8. The lowest BCUT2D eigenvalue weighted by Crippen LogP contribution is -2.26. The Balaban J connectivity index is 1.44. The summed E-state index contributed by atoms with van der Waals surface area (Å²) in [6.07, 6.45) is -3.15. The summed E-state index contributed by atoms with van der Waals surface area (Å²) in [5.41, 5.74) is 2.36. The number of amides is 1. The Morgan fingerprint density at radius 2 is 1.86 bits per heavy atom.